The van der Waals surface area contributed by atoms with Crippen molar-refractivity contribution in [3.8, 4) is 0 Å². The van der Waals surface area contributed by atoms with Crippen molar-refractivity contribution in [3.63, 3.8) is 0 Å². The van der Waals surface area contributed by atoms with Crippen molar-refractivity contribution < 1.29 is 0 Å². The predicted octanol–water partition coefficient (Wildman–Crippen LogP) is 2.85. The van der Waals surface area contributed by atoms with Gasteiger partial charge in [0.1, 0.15) is 0 Å². The highest BCUT2D eigenvalue weighted by atomic mass is 15.2. The standard InChI is InChI=1S/C17H29N3/c1-16(2)7-9-17(14-18,10-8-16)20(3)13-6-15-4-11-19-12-5-15/h4-5,11-12H,6-10,13-14,18H2,1-3H3. The Morgan fingerprint density at radius 3 is 2.30 bits per heavy atom. The Bertz CT molecular complexity index is 404. The van der Waals surface area contributed by atoms with E-state index in [1.807, 2.05) is 12.4 Å². The Hall–Kier alpha value is -0.930. The second kappa shape index (κ2) is 6.23. The molecule has 1 heterocycles. The van der Waals surface area contributed by atoms with Gasteiger partial charge in [-0.25, -0.2) is 0 Å². The van der Waals surface area contributed by atoms with E-state index in [9.17, 15) is 0 Å². The molecule has 1 aliphatic carbocycles. The van der Waals surface area contributed by atoms with Crippen molar-refractivity contribution in [3.05, 3.63) is 30.1 Å². The lowest BCUT2D eigenvalue weighted by molar-refractivity contribution is 0.0424. The molecule has 2 N–H and O–H groups in total. The van der Waals surface area contributed by atoms with Crippen LogP contribution in [0, 0.1) is 5.41 Å². The van der Waals surface area contributed by atoms with Gasteiger partial charge in [0.25, 0.3) is 0 Å². The van der Waals surface area contributed by atoms with Crippen LogP contribution in [-0.4, -0.2) is 35.6 Å². The Balaban J connectivity index is 1.94. The summed E-state index contributed by atoms with van der Waals surface area (Å²) in [6.07, 6.45) is 9.83. The molecule has 0 bridgehead atoms. The molecule has 3 heteroatoms. The van der Waals surface area contributed by atoms with Crippen LogP contribution in [0.3, 0.4) is 0 Å². The number of likely N-dealkylation sites (N-methyl/N-ethyl adjacent to an activating group) is 1. The van der Waals surface area contributed by atoms with Gasteiger partial charge in [-0.2, -0.15) is 0 Å². The lowest BCUT2D eigenvalue weighted by atomic mass is 9.69. The van der Waals surface area contributed by atoms with Gasteiger partial charge in [0.05, 0.1) is 0 Å². The zero-order chi connectivity index (χ0) is 14.6. The number of nitrogens with two attached hydrogens (primary N) is 1. The molecule has 0 aromatic carbocycles. The fraction of sp³-hybridized carbons (Fsp3) is 0.706. The van der Waals surface area contributed by atoms with Gasteiger partial charge in [-0.15, -0.1) is 0 Å². The molecule has 1 fully saturated rings. The van der Waals surface area contributed by atoms with Crippen molar-refractivity contribution in [1.82, 2.24) is 9.88 Å². The molecule has 0 spiro atoms. The summed E-state index contributed by atoms with van der Waals surface area (Å²) in [6, 6.07) is 4.21. The highest BCUT2D eigenvalue weighted by Gasteiger charge is 2.39. The second-order valence-corrected chi connectivity index (χ2v) is 7.12. The average molecular weight is 275 g/mol. The topological polar surface area (TPSA) is 42.2 Å². The molecule has 0 radical (unpaired) electrons. The molecule has 0 saturated heterocycles. The van der Waals surface area contributed by atoms with Crippen LogP contribution >= 0.6 is 0 Å². The SMILES string of the molecule is CN(CCc1ccncc1)C1(CN)CCC(C)(C)CC1. The van der Waals surface area contributed by atoms with Crippen LogP contribution in [0.2, 0.25) is 0 Å². The highest BCUT2D eigenvalue weighted by Crippen LogP contribution is 2.42. The van der Waals surface area contributed by atoms with Gasteiger partial charge in [-0.05, 0) is 62.3 Å². The minimum Gasteiger partial charge on any atom is -0.329 e. The molecule has 2 rings (SSSR count). The van der Waals surface area contributed by atoms with E-state index in [-0.39, 0.29) is 5.54 Å². The van der Waals surface area contributed by atoms with Crippen molar-refractivity contribution in [1.29, 1.82) is 0 Å². The van der Waals surface area contributed by atoms with Gasteiger partial charge < -0.3 is 5.73 Å². The smallest absolute Gasteiger partial charge is 0.0329 e. The number of pyridine rings is 1. The van der Waals surface area contributed by atoms with E-state index in [4.69, 9.17) is 5.73 Å². The first kappa shape index (κ1) is 15.5. The zero-order valence-corrected chi connectivity index (χ0v) is 13.2. The summed E-state index contributed by atoms with van der Waals surface area (Å²) in [6.45, 7) is 6.60. The first-order valence-electron chi connectivity index (χ1n) is 7.78. The summed E-state index contributed by atoms with van der Waals surface area (Å²) in [4.78, 5) is 6.58. The number of hydrogen-bond donors (Lipinski definition) is 1. The van der Waals surface area contributed by atoms with Gasteiger partial charge in [0.2, 0.25) is 0 Å². The van der Waals surface area contributed by atoms with Gasteiger partial charge in [0.15, 0.2) is 0 Å². The summed E-state index contributed by atoms with van der Waals surface area (Å²) in [5.41, 5.74) is 8.20. The van der Waals surface area contributed by atoms with Gasteiger partial charge in [-0.1, -0.05) is 13.8 Å². The third-order valence-electron chi connectivity index (χ3n) is 5.21. The van der Waals surface area contributed by atoms with Crippen molar-refractivity contribution in [2.75, 3.05) is 20.1 Å². The molecule has 1 aromatic heterocycles. The van der Waals surface area contributed by atoms with Crippen LogP contribution < -0.4 is 5.73 Å². The van der Waals surface area contributed by atoms with E-state index in [0.717, 1.165) is 19.5 Å². The van der Waals surface area contributed by atoms with Crippen molar-refractivity contribution >= 4 is 0 Å². The molecule has 20 heavy (non-hydrogen) atoms. The lowest BCUT2D eigenvalue weighted by Gasteiger charge is -2.48. The molecule has 112 valence electrons. The molecule has 1 aromatic rings. The Morgan fingerprint density at radius 1 is 1.15 bits per heavy atom. The van der Waals surface area contributed by atoms with E-state index in [1.165, 1.54) is 31.2 Å². The molecule has 0 aliphatic heterocycles. The third-order valence-corrected chi connectivity index (χ3v) is 5.21. The molecule has 0 unspecified atom stereocenters. The maximum atomic E-state index is 6.15. The molecular formula is C17H29N3. The van der Waals surface area contributed by atoms with Crippen LogP contribution in [0.4, 0.5) is 0 Å². The Kier molecular flexibility index (Phi) is 4.82. The van der Waals surface area contributed by atoms with E-state index >= 15 is 0 Å². The van der Waals surface area contributed by atoms with E-state index < -0.39 is 0 Å². The van der Waals surface area contributed by atoms with Crippen LogP contribution in [0.25, 0.3) is 0 Å². The van der Waals surface area contributed by atoms with Crippen LogP contribution in [0.5, 0.6) is 0 Å². The second-order valence-electron chi connectivity index (χ2n) is 7.12. The van der Waals surface area contributed by atoms with Gasteiger partial charge in [0, 0.05) is 31.0 Å². The quantitative estimate of drug-likeness (QED) is 0.898. The largest absolute Gasteiger partial charge is 0.329 e. The van der Waals surface area contributed by atoms with Crippen molar-refractivity contribution in [2.24, 2.45) is 11.1 Å². The molecule has 3 nitrogen and oxygen atoms in total. The summed E-state index contributed by atoms with van der Waals surface area (Å²) in [5, 5.41) is 0. The van der Waals surface area contributed by atoms with Crippen molar-refractivity contribution in [2.45, 2.75) is 51.5 Å². The Labute approximate surface area is 123 Å². The molecule has 1 aliphatic rings. The summed E-state index contributed by atoms with van der Waals surface area (Å²) >= 11 is 0. The fourth-order valence-corrected chi connectivity index (χ4v) is 3.22. The van der Waals surface area contributed by atoms with Gasteiger partial charge >= 0.3 is 0 Å². The van der Waals surface area contributed by atoms with Crippen LogP contribution in [0.1, 0.15) is 45.1 Å². The zero-order valence-electron chi connectivity index (χ0n) is 13.2. The first-order valence-corrected chi connectivity index (χ1v) is 7.78. The number of nitrogens with zero attached hydrogens (tertiary/aromatic N) is 2. The number of rotatable bonds is 5. The lowest BCUT2D eigenvalue weighted by Crippen LogP contribution is -2.55. The predicted molar refractivity (Wildman–Crippen MR) is 84.6 cm³/mol. The molecule has 0 atom stereocenters. The number of hydrogen-bond acceptors (Lipinski definition) is 3. The highest BCUT2D eigenvalue weighted by molar-refractivity contribution is 5.10. The van der Waals surface area contributed by atoms with E-state index in [1.54, 1.807) is 0 Å². The first-order chi connectivity index (χ1) is 9.47. The summed E-state index contributed by atoms with van der Waals surface area (Å²) in [5.74, 6) is 0. The number of aromatic nitrogens is 1. The van der Waals surface area contributed by atoms with Crippen LogP contribution in [0.15, 0.2) is 24.5 Å². The van der Waals surface area contributed by atoms with E-state index in [0.29, 0.717) is 5.41 Å². The maximum Gasteiger partial charge on any atom is 0.0329 e. The average Bonchev–Trinajstić information content (AvgIpc) is 2.46. The third kappa shape index (κ3) is 3.58. The Morgan fingerprint density at radius 2 is 1.75 bits per heavy atom. The fourth-order valence-electron chi connectivity index (χ4n) is 3.22. The summed E-state index contributed by atoms with van der Waals surface area (Å²) in [7, 11) is 2.24. The minimum atomic E-state index is 0.211. The summed E-state index contributed by atoms with van der Waals surface area (Å²) < 4.78 is 0. The van der Waals surface area contributed by atoms with Crippen LogP contribution in [-0.2, 0) is 6.42 Å². The maximum absolute atomic E-state index is 6.15. The molecule has 1 saturated carbocycles. The van der Waals surface area contributed by atoms with Gasteiger partial charge in [-0.3, -0.25) is 9.88 Å². The molecular weight excluding hydrogens is 246 g/mol. The van der Waals surface area contributed by atoms with E-state index in [2.05, 4.69) is 42.9 Å². The minimum absolute atomic E-state index is 0.211. The monoisotopic (exact) mass is 275 g/mol. The molecule has 0 amide bonds. The normalized spacial score (nSPS) is 21.1.